The van der Waals surface area contributed by atoms with Crippen LogP contribution in [0, 0.1) is 0 Å². The first kappa shape index (κ1) is 26.9. The summed E-state index contributed by atoms with van der Waals surface area (Å²) in [5, 5.41) is 23.7. The van der Waals surface area contributed by atoms with Crippen molar-refractivity contribution in [2.24, 2.45) is 0 Å². The van der Waals surface area contributed by atoms with E-state index in [0.717, 1.165) is 32.1 Å². The highest BCUT2D eigenvalue weighted by Crippen LogP contribution is 2.51. The molecule has 1 heterocycles. The van der Waals surface area contributed by atoms with E-state index in [9.17, 15) is 24.6 Å². The zero-order valence-electron chi connectivity index (χ0n) is 21.4. The highest BCUT2D eigenvalue weighted by Gasteiger charge is 2.52. The maximum atomic E-state index is 13.5. The quantitative estimate of drug-likeness (QED) is 0.342. The number of carbonyl (C=O) groups excluding carboxylic acids is 3. The summed E-state index contributed by atoms with van der Waals surface area (Å²) in [5.41, 5.74) is 1.25. The van der Waals surface area contributed by atoms with Gasteiger partial charge in [0.15, 0.2) is 11.5 Å². The molecule has 1 aliphatic heterocycles. The Labute approximate surface area is 217 Å². The Morgan fingerprint density at radius 3 is 2.65 bits per heavy atom. The Bertz CT molecular complexity index is 1080. The number of allylic oxidation sites excluding steroid dienone is 1. The van der Waals surface area contributed by atoms with E-state index < -0.39 is 30.1 Å². The molecule has 9 nitrogen and oxygen atoms in total. The second kappa shape index (κ2) is 11.9. The monoisotopic (exact) mass is 512 g/mol. The van der Waals surface area contributed by atoms with Crippen LogP contribution in [0.1, 0.15) is 67.3 Å². The zero-order chi connectivity index (χ0) is 26.5. The molecule has 3 aliphatic rings. The normalized spacial score (nSPS) is 25.0. The minimum Gasteiger partial charge on any atom is -0.493 e. The molecule has 0 saturated heterocycles. The number of fused-ring (bicyclic) bond motifs is 3. The average Bonchev–Trinajstić information content (AvgIpc) is 3.32. The highest BCUT2D eigenvalue weighted by atomic mass is 16.5. The van der Waals surface area contributed by atoms with Crippen LogP contribution in [0.15, 0.2) is 35.9 Å². The van der Waals surface area contributed by atoms with Crippen molar-refractivity contribution >= 4 is 18.1 Å². The first-order valence-electron chi connectivity index (χ1n) is 13.1. The van der Waals surface area contributed by atoms with Crippen LogP contribution in [0.3, 0.4) is 0 Å². The molecule has 200 valence electrons. The summed E-state index contributed by atoms with van der Waals surface area (Å²) in [5.74, 6) is -0.612. The van der Waals surface area contributed by atoms with Crippen molar-refractivity contribution in [1.29, 1.82) is 0 Å². The Kier molecular flexibility index (Phi) is 8.66. The molecule has 4 unspecified atom stereocenters. The minimum absolute atomic E-state index is 0.0523. The van der Waals surface area contributed by atoms with E-state index in [1.807, 2.05) is 6.92 Å². The lowest BCUT2D eigenvalue weighted by Crippen LogP contribution is -2.58. The summed E-state index contributed by atoms with van der Waals surface area (Å²) in [4.78, 5) is 40.1. The number of amides is 2. The molecule has 3 N–H and O–H groups in total. The number of rotatable bonds is 9. The number of methoxy groups -OCH3 is 1. The maximum Gasteiger partial charge on any atom is 0.247 e. The predicted molar refractivity (Wildman–Crippen MR) is 137 cm³/mol. The number of carbonyl (C=O) groups is 3. The van der Waals surface area contributed by atoms with Crippen LogP contribution < -0.4 is 14.8 Å². The van der Waals surface area contributed by atoms with Crippen LogP contribution in [-0.4, -0.2) is 77.8 Å². The van der Waals surface area contributed by atoms with Crippen molar-refractivity contribution < 1.29 is 34.1 Å². The third-order valence-corrected chi connectivity index (χ3v) is 7.45. The highest BCUT2D eigenvalue weighted by molar-refractivity contribution is 5.97. The largest absolute Gasteiger partial charge is 0.493 e. The van der Waals surface area contributed by atoms with Crippen LogP contribution in [0.2, 0.25) is 0 Å². The zero-order valence-corrected chi connectivity index (χ0v) is 21.4. The van der Waals surface area contributed by atoms with Crippen molar-refractivity contribution in [3.05, 3.63) is 47.1 Å². The van der Waals surface area contributed by atoms with E-state index in [1.54, 1.807) is 29.2 Å². The number of hydrogen-bond acceptors (Lipinski definition) is 7. The molecule has 1 aromatic rings. The number of benzene rings is 1. The lowest BCUT2D eigenvalue weighted by atomic mass is 9.76. The molecule has 2 amide bonds. The second-order valence-electron chi connectivity index (χ2n) is 9.75. The minimum atomic E-state index is -1.13. The van der Waals surface area contributed by atoms with Gasteiger partial charge in [0.25, 0.3) is 0 Å². The number of nitrogens with one attached hydrogen (secondary N) is 1. The molecule has 4 atom stereocenters. The molecular formula is C28H36N2O7. The van der Waals surface area contributed by atoms with Gasteiger partial charge in [0.1, 0.15) is 18.5 Å². The summed E-state index contributed by atoms with van der Waals surface area (Å²) in [6.07, 6.45) is 9.11. The van der Waals surface area contributed by atoms with Gasteiger partial charge in [0, 0.05) is 29.3 Å². The van der Waals surface area contributed by atoms with Gasteiger partial charge in [-0.15, -0.1) is 0 Å². The predicted octanol–water partition coefficient (Wildman–Crippen LogP) is 2.26. The van der Waals surface area contributed by atoms with Crippen LogP contribution >= 0.6 is 0 Å². The molecule has 37 heavy (non-hydrogen) atoms. The molecule has 2 aliphatic carbocycles. The number of aliphatic hydroxyl groups excluding tert-OH is 2. The topological polar surface area (TPSA) is 125 Å². The van der Waals surface area contributed by atoms with Crippen LogP contribution in [0.5, 0.6) is 11.5 Å². The van der Waals surface area contributed by atoms with Crippen molar-refractivity contribution in [1.82, 2.24) is 10.2 Å². The van der Waals surface area contributed by atoms with Gasteiger partial charge < -0.3 is 29.9 Å². The summed E-state index contributed by atoms with van der Waals surface area (Å²) in [7, 11) is 1.46. The van der Waals surface area contributed by atoms with Crippen LogP contribution in [0.4, 0.5) is 0 Å². The van der Waals surface area contributed by atoms with Crippen LogP contribution in [0.25, 0.3) is 0 Å². The molecule has 4 rings (SSSR count). The Balaban J connectivity index is 1.82. The molecular weight excluding hydrogens is 476 g/mol. The lowest BCUT2D eigenvalue weighted by Gasteiger charge is -2.44. The summed E-state index contributed by atoms with van der Waals surface area (Å²) >= 11 is 0. The van der Waals surface area contributed by atoms with E-state index in [-0.39, 0.29) is 25.1 Å². The van der Waals surface area contributed by atoms with E-state index in [4.69, 9.17) is 9.47 Å². The van der Waals surface area contributed by atoms with Crippen molar-refractivity contribution in [2.45, 2.75) is 75.7 Å². The van der Waals surface area contributed by atoms with E-state index in [2.05, 4.69) is 5.32 Å². The fraction of sp³-hybridized carbons (Fsp3) is 0.536. The number of ether oxygens (including phenoxy) is 2. The SMILES string of the molecule is CCC=CC(=O)N(C1CCCCC1)C1C=C(C(=O)NCCO)C2c3cc(C=O)cc(OC)c3OC2C1O. The van der Waals surface area contributed by atoms with E-state index >= 15 is 0 Å². The molecule has 0 spiro atoms. The van der Waals surface area contributed by atoms with Crippen molar-refractivity contribution in [3.63, 3.8) is 0 Å². The number of aldehydes is 1. The first-order valence-corrected chi connectivity index (χ1v) is 13.1. The van der Waals surface area contributed by atoms with E-state index in [1.165, 1.54) is 13.2 Å². The molecule has 9 heteroatoms. The summed E-state index contributed by atoms with van der Waals surface area (Å²) in [6.45, 7) is 1.77. The second-order valence-corrected chi connectivity index (χ2v) is 9.75. The molecule has 0 aromatic heterocycles. The molecule has 1 saturated carbocycles. The summed E-state index contributed by atoms with van der Waals surface area (Å²) in [6, 6.07) is 2.33. The maximum absolute atomic E-state index is 13.5. The number of aliphatic hydroxyl groups is 2. The Morgan fingerprint density at radius 1 is 1.24 bits per heavy atom. The van der Waals surface area contributed by atoms with E-state index in [0.29, 0.717) is 40.9 Å². The smallest absolute Gasteiger partial charge is 0.247 e. The standard InChI is InChI=1S/C28H36N2O7/c1-3-4-10-23(33)30(18-8-6-5-7-9-18)21-15-20(28(35)29-11-12-31)24-19-13-17(16-32)14-22(36-2)26(19)37-27(24)25(21)34/h4,10,13-16,18,21,24-25,27,31,34H,3,5-9,11-12H2,1-2H3,(H,29,35). The van der Waals surface area contributed by atoms with Gasteiger partial charge >= 0.3 is 0 Å². The van der Waals surface area contributed by atoms with Gasteiger partial charge in [0.05, 0.1) is 25.7 Å². The average molecular weight is 513 g/mol. The third kappa shape index (κ3) is 5.29. The molecule has 1 aromatic carbocycles. The van der Waals surface area contributed by atoms with Gasteiger partial charge in [-0.2, -0.15) is 0 Å². The van der Waals surface area contributed by atoms with Gasteiger partial charge in [-0.25, -0.2) is 0 Å². The van der Waals surface area contributed by atoms with Gasteiger partial charge in [-0.05, 0) is 43.5 Å². The Morgan fingerprint density at radius 2 is 2.00 bits per heavy atom. The lowest BCUT2D eigenvalue weighted by molar-refractivity contribution is -0.136. The molecule has 0 radical (unpaired) electrons. The summed E-state index contributed by atoms with van der Waals surface area (Å²) < 4.78 is 11.7. The number of nitrogens with zero attached hydrogens (tertiary/aromatic N) is 1. The van der Waals surface area contributed by atoms with Crippen molar-refractivity contribution in [3.8, 4) is 11.5 Å². The van der Waals surface area contributed by atoms with Crippen LogP contribution in [-0.2, 0) is 9.59 Å². The van der Waals surface area contributed by atoms with Gasteiger partial charge in [0.2, 0.25) is 11.8 Å². The van der Waals surface area contributed by atoms with Gasteiger partial charge in [-0.1, -0.05) is 32.3 Å². The third-order valence-electron chi connectivity index (χ3n) is 7.45. The van der Waals surface area contributed by atoms with Gasteiger partial charge in [-0.3, -0.25) is 14.4 Å². The molecule has 0 bridgehead atoms. The fourth-order valence-electron chi connectivity index (χ4n) is 5.76. The molecule has 1 fully saturated rings. The Hall–Kier alpha value is -3.17. The van der Waals surface area contributed by atoms with Crippen molar-refractivity contribution in [2.75, 3.05) is 20.3 Å². The first-order chi connectivity index (χ1) is 17.9. The fourth-order valence-corrected chi connectivity index (χ4v) is 5.76. The number of hydrogen-bond donors (Lipinski definition) is 3.